The van der Waals surface area contributed by atoms with E-state index >= 15 is 0 Å². The lowest BCUT2D eigenvalue weighted by Gasteiger charge is -2.34. The number of hydrogen-bond donors (Lipinski definition) is 3. The smallest absolute Gasteiger partial charge is 0.416 e. The Morgan fingerprint density at radius 3 is 1.39 bits per heavy atom. The monoisotopic (exact) mass is 966 g/mol. The lowest BCUT2D eigenvalue weighted by atomic mass is 9.94. The third kappa shape index (κ3) is 9.60. The minimum absolute atomic E-state index is 0.0500. The van der Waals surface area contributed by atoms with Gasteiger partial charge in [-0.1, -0.05) is 36.4 Å². The average Bonchev–Trinajstić information content (AvgIpc) is 3.82. The maximum absolute atomic E-state index is 14.3. The zero-order chi connectivity index (χ0) is 50.3. The van der Waals surface area contributed by atoms with Gasteiger partial charge in [-0.3, -0.25) is 19.4 Å². The minimum atomic E-state index is -4.73. The van der Waals surface area contributed by atoms with E-state index in [1.807, 2.05) is 12.1 Å². The number of carbonyl (C=O) groups is 5. The van der Waals surface area contributed by atoms with Gasteiger partial charge in [0.15, 0.2) is 6.54 Å². The van der Waals surface area contributed by atoms with Crippen LogP contribution in [0.4, 0.5) is 47.3 Å². The van der Waals surface area contributed by atoms with Gasteiger partial charge in [-0.25, -0.2) is 14.4 Å². The lowest BCUT2D eigenvalue weighted by Crippen LogP contribution is -2.50. The number of anilines is 2. The highest BCUT2D eigenvalue weighted by Crippen LogP contribution is 2.42. The van der Waals surface area contributed by atoms with Gasteiger partial charge in [0.25, 0.3) is 11.8 Å². The molecule has 4 aliphatic rings. The summed E-state index contributed by atoms with van der Waals surface area (Å²) in [6.45, 7) is -0.209. The van der Waals surface area contributed by atoms with Gasteiger partial charge < -0.3 is 30.0 Å². The van der Waals surface area contributed by atoms with Gasteiger partial charge in [-0.05, 0) is 71.8 Å². The number of urea groups is 2. The molecule has 4 aromatic carbocycles. The Morgan fingerprint density at radius 2 is 1.04 bits per heavy atom. The first-order valence-corrected chi connectivity index (χ1v) is 21.9. The van der Waals surface area contributed by atoms with Crippen LogP contribution in [-0.4, -0.2) is 102 Å². The third-order valence-electron chi connectivity index (χ3n) is 12.8. The molecule has 2 atom stereocenters. The molecule has 21 heteroatoms. The van der Waals surface area contributed by atoms with Crippen molar-refractivity contribution in [1.29, 1.82) is 10.5 Å². The quantitative estimate of drug-likeness (QED) is 0.0873. The average molecular weight is 967 g/mol. The van der Waals surface area contributed by atoms with E-state index in [1.54, 1.807) is 31.3 Å². The molecule has 8 rings (SSSR count). The molecule has 6 amide bonds. The molecule has 0 spiro atoms. The molecule has 15 nitrogen and oxygen atoms in total. The Bertz CT molecular complexity index is 2750. The van der Waals surface area contributed by atoms with Crippen molar-refractivity contribution in [3.63, 3.8) is 0 Å². The summed E-state index contributed by atoms with van der Waals surface area (Å²) in [5.74, 6) is -2.15. The Kier molecular flexibility index (Phi) is 12.9. The van der Waals surface area contributed by atoms with Crippen LogP contribution >= 0.6 is 0 Å². The molecule has 4 heterocycles. The third-order valence-corrected chi connectivity index (χ3v) is 12.8. The highest BCUT2D eigenvalue weighted by Gasteiger charge is 2.47. The summed E-state index contributed by atoms with van der Waals surface area (Å²) in [4.78, 5) is 73.4. The van der Waals surface area contributed by atoms with Crippen molar-refractivity contribution in [1.82, 2.24) is 20.4 Å². The normalized spacial score (nSPS) is 18.4. The standard InChI is InChI=1S/C49H41F6N9O6/c1-64(28-39(65)66,20-4-18-60-26-37-40(44(60)67)42(31-14-10-29(24-56)11-15-31)58-46(69)62(37)35-8-2-6-33(22-35)48(50,51)52)21-5-19-61-27-38-41(45(61)68)43(32-16-12-30(25-57)13-17-32)59-47(70)63(38)36-9-3-7-34(23-36)49(53,54)55/h2-3,6-17,22-23,42-43H,4-5,18-21,26-28H2,1H3,(H2-,58,59,65,66,69,70)/p+1/t42-,43-/m1/s1. The van der Waals surface area contributed by atoms with E-state index in [9.17, 15) is 65.9 Å². The number of carboxylic acid groups (broad SMARTS) is 1. The van der Waals surface area contributed by atoms with Gasteiger partial charge in [0.2, 0.25) is 0 Å². The summed E-state index contributed by atoms with van der Waals surface area (Å²) in [5.41, 5.74) is -0.188. The van der Waals surface area contributed by atoms with Crippen LogP contribution in [0.2, 0.25) is 0 Å². The van der Waals surface area contributed by atoms with Crippen molar-refractivity contribution >= 4 is 41.2 Å². The second kappa shape index (κ2) is 18.7. The molecule has 70 heavy (non-hydrogen) atoms. The number of hydrogen-bond acceptors (Lipinski definition) is 7. The van der Waals surface area contributed by atoms with E-state index in [0.29, 0.717) is 22.3 Å². The fraction of sp³-hybridized carbons (Fsp3) is 0.286. The number of aliphatic carboxylic acids is 1. The first kappa shape index (κ1) is 48.3. The Hall–Kier alpha value is -8.17. The maximum atomic E-state index is 14.3. The van der Waals surface area contributed by atoms with Crippen LogP contribution in [0.3, 0.4) is 0 Å². The number of carboxylic acids is 1. The SMILES string of the molecule is C[N+](CCCN1CC2=C(C1=O)[C@@H](c1ccc(C#N)cc1)NC(=O)N2c1cccc(C(F)(F)F)c1)(CCCN1CC2=C(C1=O)[C@@H](c1ccc(C#N)cc1)NC(=O)N2c1cccc(C(F)(F)F)c1)CC(=O)O. The largest absolute Gasteiger partial charge is 0.477 e. The van der Waals surface area contributed by atoms with Crippen LogP contribution in [0, 0.1) is 22.7 Å². The summed E-state index contributed by atoms with van der Waals surface area (Å²) in [6.07, 6.45) is -9.00. The van der Waals surface area contributed by atoms with E-state index in [4.69, 9.17) is 0 Å². The lowest BCUT2D eigenvalue weighted by molar-refractivity contribution is -0.902. The first-order valence-electron chi connectivity index (χ1n) is 21.9. The number of quaternary nitrogens is 1. The van der Waals surface area contributed by atoms with Gasteiger partial charge in [0, 0.05) is 25.9 Å². The van der Waals surface area contributed by atoms with Crippen LogP contribution in [0.1, 0.15) is 58.3 Å². The molecular formula is C49H42F6N9O6+. The summed E-state index contributed by atoms with van der Waals surface area (Å²) < 4.78 is 82.8. The molecule has 0 aromatic heterocycles. The topological polar surface area (TPSA) is 190 Å². The molecule has 0 bridgehead atoms. The zero-order valence-corrected chi connectivity index (χ0v) is 37.1. The zero-order valence-electron chi connectivity index (χ0n) is 37.1. The number of likely N-dealkylation sites (N-methyl/N-ethyl adjacent to an activating group) is 1. The molecule has 3 N–H and O–H groups in total. The summed E-state index contributed by atoms with van der Waals surface area (Å²) in [6, 6.07) is 21.0. The second-order valence-electron chi connectivity index (χ2n) is 17.5. The molecule has 0 saturated heterocycles. The number of nitrogens with zero attached hydrogens (tertiary/aromatic N) is 7. The Labute approximate surface area is 396 Å². The number of alkyl halides is 6. The first-order chi connectivity index (χ1) is 33.2. The van der Waals surface area contributed by atoms with Crippen LogP contribution in [0.25, 0.3) is 0 Å². The number of nitrogens with one attached hydrogen (secondary N) is 2. The van der Waals surface area contributed by atoms with Gasteiger partial charge in [-0.15, -0.1) is 0 Å². The molecule has 0 unspecified atom stereocenters. The number of benzene rings is 4. The van der Waals surface area contributed by atoms with E-state index < -0.39 is 65.4 Å². The minimum Gasteiger partial charge on any atom is -0.477 e. The maximum Gasteiger partial charge on any atom is 0.416 e. The number of rotatable bonds is 14. The fourth-order valence-electron chi connectivity index (χ4n) is 9.42. The van der Waals surface area contributed by atoms with Crippen molar-refractivity contribution in [3.05, 3.63) is 153 Å². The molecular weight excluding hydrogens is 925 g/mol. The van der Waals surface area contributed by atoms with Crippen molar-refractivity contribution in [3.8, 4) is 12.1 Å². The fourth-order valence-corrected chi connectivity index (χ4v) is 9.42. The number of halogens is 6. The van der Waals surface area contributed by atoms with Gasteiger partial charge in [-0.2, -0.15) is 36.9 Å². The molecule has 4 aliphatic heterocycles. The van der Waals surface area contributed by atoms with Gasteiger partial charge >= 0.3 is 30.4 Å². The van der Waals surface area contributed by atoms with Gasteiger partial charge in [0.05, 0.1) is 114 Å². The summed E-state index contributed by atoms with van der Waals surface area (Å²) >= 11 is 0. The molecule has 4 aromatic rings. The molecule has 360 valence electrons. The van der Waals surface area contributed by atoms with E-state index in [-0.39, 0.29) is 97.1 Å². The highest BCUT2D eigenvalue weighted by molar-refractivity contribution is 6.08. The molecule has 0 radical (unpaired) electrons. The van der Waals surface area contributed by atoms with Crippen LogP contribution in [0.5, 0.6) is 0 Å². The predicted octanol–water partition coefficient (Wildman–Crippen LogP) is 7.21. The van der Waals surface area contributed by atoms with Gasteiger partial charge in [0.1, 0.15) is 0 Å². The number of nitriles is 2. The highest BCUT2D eigenvalue weighted by atomic mass is 19.4. The summed E-state index contributed by atoms with van der Waals surface area (Å²) in [5, 5.41) is 34.2. The second-order valence-corrected chi connectivity index (χ2v) is 17.5. The van der Waals surface area contributed by atoms with Crippen molar-refractivity contribution in [2.45, 2.75) is 37.3 Å². The predicted molar refractivity (Wildman–Crippen MR) is 238 cm³/mol. The molecule has 0 aliphatic carbocycles. The van der Waals surface area contributed by atoms with Crippen molar-refractivity contribution < 1.29 is 59.9 Å². The van der Waals surface area contributed by atoms with Crippen LogP contribution < -0.4 is 20.4 Å². The van der Waals surface area contributed by atoms with Crippen LogP contribution in [0.15, 0.2) is 120 Å². The van der Waals surface area contributed by atoms with Crippen LogP contribution in [-0.2, 0) is 26.7 Å². The Balaban J connectivity index is 0.989. The summed E-state index contributed by atoms with van der Waals surface area (Å²) in [7, 11) is 1.69. The van der Waals surface area contributed by atoms with E-state index in [0.717, 1.165) is 46.2 Å². The Morgan fingerprint density at radius 1 is 0.657 bits per heavy atom. The van der Waals surface area contributed by atoms with Crippen molar-refractivity contribution in [2.75, 3.05) is 62.7 Å². The number of amides is 6. The van der Waals surface area contributed by atoms with E-state index in [2.05, 4.69) is 10.6 Å². The number of carbonyl (C=O) groups excluding carboxylic acids is 4. The molecule has 0 saturated carbocycles. The van der Waals surface area contributed by atoms with E-state index in [1.165, 1.54) is 46.2 Å². The van der Waals surface area contributed by atoms with Crippen molar-refractivity contribution in [2.24, 2.45) is 0 Å². The molecule has 0 fully saturated rings.